The van der Waals surface area contributed by atoms with Crippen LogP contribution in [-0.2, 0) is 0 Å². The van der Waals surface area contributed by atoms with Gasteiger partial charge in [-0.3, -0.25) is 0 Å². The topological polar surface area (TPSA) is 41.1 Å². The van der Waals surface area contributed by atoms with Gasteiger partial charge in [-0.05, 0) is 45.8 Å². The van der Waals surface area contributed by atoms with Gasteiger partial charge in [-0.1, -0.05) is 0 Å². The average Bonchev–Trinajstić information content (AvgIpc) is 2.31. The number of hydrogen-bond donors (Lipinski definition) is 1. The number of anilines is 1. The van der Waals surface area contributed by atoms with Crippen LogP contribution in [0.25, 0.3) is 0 Å². The molecule has 1 unspecified atom stereocenters. The van der Waals surface area contributed by atoms with Crippen molar-refractivity contribution in [3.8, 4) is 0 Å². The summed E-state index contributed by atoms with van der Waals surface area (Å²) in [5.41, 5.74) is 1.02. The molecule has 0 radical (unpaired) electrons. The van der Waals surface area contributed by atoms with Crippen LogP contribution in [0.3, 0.4) is 0 Å². The second-order valence-electron chi connectivity index (χ2n) is 4.70. The molecule has 0 bridgehead atoms. The van der Waals surface area contributed by atoms with Crippen molar-refractivity contribution >= 4 is 5.69 Å². The number of aromatic nitrogens is 2. The van der Waals surface area contributed by atoms with Gasteiger partial charge in [0.2, 0.25) is 0 Å². The van der Waals surface area contributed by atoms with Crippen LogP contribution < -0.4 is 5.32 Å². The van der Waals surface area contributed by atoms with E-state index in [0.717, 1.165) is 11.6 Å². The van der Waals surface area contributed by atoms with Crippen molar-refractivity contribution in [3.05, 3.63) is 18.7 Å². The molecule has 1 atom stereocenters. The highest BCUT2D eigenvalue weighted by Gasteiger charge is 2.21. The smallest absolute Gasteiger partial charge is 0.115 e. The zero-order valence-electron chi connectivity index (χ0n) is 10.1. The maximum absolute atomic E-state index is 4.01. The summed E-state index contributed by atoms with van der Waals surface area (Å²) < 4.78 is 0. The summed E-state index contributed by atoms with van der Waals surface area (Å²) >= 11 is 0. The van der Waals surface area contributed by atoms with Crippen molar-refractivity contribution in [2.45, 2.75) is 25.8 Å². The van der Waals surface area contributed by atoms with Crippen LogP contribution in [0.2, 0.25) is 0 Å². The van der Waals surface area contributed by atoms with Gasteiger partial charge in [0.15, 0.2) is 0 Å². The fourth-order valence-corrected chi connectivity index (χ4v) is 2.28. The molecule has 1 aliphatic heterocycles. The molecule has 1 N–H and O–H groups in total. The van der Waals surface area contributed by atoms with E-state index in [2.05, 4.69) is 34.2 Å². The molecule has 2 rings (SSSR count). The van der Waals surface area contributed by atoms with Gasteiger partial charge >= 0.3 is 0 Å². The number of piperidine rings is 1. The molecular weight excluding hydrogens is 200 g/mol. The van der Waals surface area contributed by atoms with Gasteiger partial charge in [0, 0.05) is 6.04 Å². The van der Waals surface area contributed by atoms with E-state index in [4.69, 9.17) is 0 Å². The van der Waals surface area contributed by atoms with E-state index in [9.17, 15) is 0 Å². The fourth-order valence-electron chi connectivity index (χ4n) is 2.28. The first-order valence-electron chi connectivity index (χ1n) is 5.96. The lowest BCUT2D eigenvalue weighted by Crippen LogP contribution is -2.37. The first-order chi connectivity index (χ1) is 7.75. The average molecular weight is 220 g/mol. The zero-order chi connectivity index (χ0) is 11.4. The largest absolute Gasteiger partial charge is 0.380 e. The maximum atomic E-state index is 4.01. The summed E-state index contributed by atoms with van der Waals surface area (Å²) in [6.07, 6.45) is 7.78. The summed E-state index contributed by atoms with van der Waals surface area (Å²) in [7, 11) is 2.19. The normalized spacial score (nSPS) is 20.6. The second kappa shape index (κ2) is 5.25. The Bertz CT molecular complexity index is 306. The van der Waals surface area contributed by atoms with Gasteiger partial charge in [-0.2, -0.15) is 0 Å². The molecule has 4 nitrogen and oxygen atoms in total. The van der Waals surface area contributed by atoms with Crippen molar-refractivity contribution in [1.82, 2.24) is 14.9 Å². The van der Waals surface area contributed by atoms with Crippen LogP contribution in [0, 0.1) is 5.92 Å². The molecule has 4 heteroatoms. The Morgan fingerprint density at radius 3 is 2.56 bits per heavy atom. The molecule has 2 heterocycles. The predicted molar refractivity (Wildman–Crippen MR) is 65.3 cm³/mol. The molecule has 1 saturated heterocycles. The van der Waals surface area contributed by atoms with E-state index in [-0.39, 0.29) is 0 Å². The number of likely N-dealkylation sites (tertiary alicyclic amines) is 1. The monoisotopic (exact) mass is 220 g/mol. The summed E-state index contributed by atoms with van der Waals surface area (Å²) in [5, 5.41) is 3.48. The van der Waals surface area contributed by atoms with E-state index in [1.165, 1.54) is 25.9 Å². The Kier molecular flexibility index (Phi) is 3.72. The number of hydrogen-bond acceptors (Lipinski definition) is 4. The van der Waals surface area contributed by atoms with Gasteiger partial charge in [0.05, 0.1) is 18.1 Å². The zero-order valence-corrected chi connectivity index (χ0v) is 10.1. The van der Waals surface area contributed by atoms with Gasteiger partial charge in [0.1, 0.15) is 6.33 Å². The highest BCUT2D eigenvalue weighted by Crippen LogP contribution is 2.21. The Labute approximate surface area is 97.1 Å². The van der Waals surface area contributed by atoms with Crippen LogP contribution >= 0.6 is 0 Å². The third-order valence-corrected chi connectivity index (χ3v) is 3.43. The lowest BCUT2D eigenvalue weighted by Gasteiger charge is -2.33. The first kappa shape index (κ1) is 11.3. The van der Waals surface area contributed by atoms with Crippen molar-refractivity contribution in [3.63, 3.8) is 0 Å². The lowest BCUT2D eigenvalue weighted by molar-refractivity contribution is 0.208. The van der Waals surface area contributed by atoms with E-state index >= 15 is 0 Å². The quantitative estimate of drug-likeness (QED) is 0.840. The Hall–Kier alpha value is -1.16. The first-order valence-corrected chi connectivity index (χ1v) is 5.96. The predicted octanol–water partition coefficient (Wildman–Crippen LogP) is 1.62. The van der Waals surface area contributed by atoms with Crippen molar-refractivity contribution < 1.29 is 0 Å². The van der Waals surface area contributed by atoms with E-state index in [1.807, 2.05) is 12.4 Å². The van der Waals surface area contributed by atoms with Crippen molar-refractivity contribution in [1.29, 1.82) is 0 Å². The van der Waals surface area contributed by atoms with Gasteiger partial charge < -0.3 is 10.2 Å². The molecule has 1 aliphatic rings. The van der Waals surface area contributed by atoms with E-state index in [0.29, 0.717) is 6.04 Å². The summed E-state index contributed by atoms with van der Waals surface area (Å²) in [6, 6.07) is 0.500. The molecule has 88 valence electrons. The van der Waals surface area contributed by atoms with Crippen molar-refractivity contribution in [2.24, 2.45) is 5.92 Å². The summed E-state index contributed by atoms with van der Waals surface area (Å²) in [4.78, 5) is 10.4. The van der Waals surface area contributed by atoms with Crippen LogP contribution in [0.4, 0.5) is 5.69 Å². The van der Waals surface area contributed by atoms with Crippen LogP contribution in [0.1, 0.15) is 19.8 Å². The van der Waals surface area contributed by atoms with E-state index < -0.39 is 0 Å². The Balaban J connectivity index is 1.86. The molecule has 0 aromatic carbocycles. The van der Waals surface area contributed by atoms with Crippen LogP contribution in [-0.4, -0.2) is 41.0 Å². The third kappa shape index (κ3) is 2.92. The summed E-state index contributed by atoms with van der Waals surface area (Å²) in [6.45, 7) is 4.67. The minimum atomic E-state index is 0.500. The standard InChI is InChI=1S/C12H20N4/c1-10(11-3-5-16(2)6-4-11)15-12-7-13-9-14-8-12/h7-11,15H,3-6H2,1-2H3. The highest BCUT2D eigenvalue weighted by atomic mass is 15.1. The highest BCUT2D eigenvalue weighted by molar-refractivity contribution is 5.38. The SMILES string of the molecule is CC(Nc1cncnc1)C1CCN(C)CC1. The van der Waals surface area contributed by atoms with Crippen LogP contribution in [0.15, 0.2) is 18.7 Å². The van der Waals surface area contributed by atoms with Crippen LogP contribution in [0.5, 0.6) is 0 Å². The molecule has 0 aliphatic carbocycles. The molecule has 1 aromatic rings. The van der Waals surface area contributed by atoms with Gasteiger partial charge in [0.25, 0.3) is 0 Å². The lowest BCUT2D eigenvalue weighted by atomic mass is 9.90. The molecule has 0 spiro atoms. The van der Waals surface area contributed by atoms with Gasteiger partial charge in [-0.25, -0.2) is 9.97 Å². The molecule has 16 heavy (non-hydrogen) atoms. The minimum absolute atomic E-state index is 0.500. The third-order valence-electron chi connectivity index (χ3n) is 3.43. The second-order valence-corrected chi connectivity index (χ2v) is 4.70. The maximum Gasteiger partial charge on any atom is 0.115 e. The molecule has 1 aromatic heterocycles. The Morgan fingerprint density at radius 1 is 1.31 bits per heavy atom. The Morgan fingerprint density at radius 2 is 1.94 bits per heavy atom. The number of nitrogens with zero attached hydrogens (tertiary/aromatic N) is 3. The number of nitrogens with one attached hydrogen (secondary N) is 1. The molecular formula is C12H20N4. The van der Waals surface area contributed by atoms with E-state index in [1.54, 1.807) is 6.33 Å². The molecule has 1 fully saturated rings. The van der Waals surface area contributed by atoms with Gasteiger partial charge in [-0.15, -0.1) is 0 Å². The summed E-state index contributed by atoms with van der Waals surface area (Å²) in [5.74, 6) is 0.761. The fraction of sp³-hybridized carbons (Fsp3) is 0.667. The van der Waals surface area contributed by atoms with Crippen molar-refractivity contribution in [2.75, 3.05) is 25.5 Å². The number of rotatable bonds is 3. The minimum Gasteiger partial charge on any atom is -0.380 e. The molecule has 0 amide bonds. The molecule has 0 saturated carbocycles.